The van der Waals surface area contributed by atoms with Gasteiger partial charge in [-0.05, 0) is 58.4 Å². The summed E-state index contributed by atoms with van der Waals surface area (Å²) in [5.74, 6) is -6.86. The van der Waals surface area contributed by atoms with E-state index in [4.69, 9.17) is 11.5 Å². The van der Waals surface area contributed by atoms with Crippen LogP contribution in [-0.4, -0.2) is 174 Å². The van der Waals surface area contributed by atoms with Crippen molar-refractivity contribution in [2.45, 2.75) is 66.8 Å². The van der Waals surface area contributed by atoms with Gasteiger partial charge in [-0.1, -0.05) is 0 Å². The predicted molar refractivity (Wildman–Crippen MR) is 282 cm³/mol. The molecule has 0 bridgehead atoms. The smallest absolute Gasteiger partial charge is 0.315 e. The Hall–Kier alpha value is -7.60. The predicted octanol–water partition coefficient (Wildman–Crippen LogP) is 1.38. The minimum atomic E-state index is -5.45. The Labute approximate surface area is 498 Å². The van der Waals surface area contributed by atoms with Gasteiger partial charge in [-0.3, -0.25) is 46.5 Å². The number of amides is 2. The number of aromatic hydroxyl groups is 2. The van der Waals surface area contributed by atoms with Gasteiger partial charge in [0.2, 0.25) is 35.6 Å². The number of nitrogens with two attached hydrogens (primary N) is 2. The molecular formula is C39H40F2LiN18NaO18S4. The maximum absolute atomic E-state index is 14.8. The second kappa shape index (κ2) is 26.3. The van der Waals surface area contributed by atoms with Gasteiger partial charge in [-0.25, -0.2) is 0 Å². The van der Waals surface area contributed by atoms with Crippen LogP contribution in [0.15, 0.2) is 73.9 Å². The Morgan fingerprint density at radius 3 is 1.16 bits per heavy atom. The van der Waals surface area contributed by atoms with Gasteiger partial charge in [0.05, 0.1) is 11.4 Å². The van der Waals surface area contributed by atoms with Gasteiger partial charge in [-0.15, -0.1) is 20.5 Å². The van der Waals surface area contributed by atoms with E-state index in [-0.39, 0.29) is 104 Å². The van der Waals surface area contributed by atoms with Crippen LogP contribution in [0.2, 0.25) is 0 Å². The first-order chi connectivity index (χ1) is 37.6. The largest absolute Gasteiger partial charge is 0.494 e. The summed E-state index contributed by atoms with van der Waals surface area (Å²) in [4.78, 5) is 66.8. The normalized spacial score (nSPS) is 12.0. The van der Waals surface area contributed by atoms with Crippen molar-refractivity contribution in [1.82, 2.24) is 39.0 Å². The second-order valence-electron chi connectivity index (χ2n) is 16.1. The molecule has 0 atom stereocenters. The van der Waals surface area contributed by atoms with Crippen molar-refractivity contribution in [2.75, 3.05) is 34.4 Å². The van der Waals surface area contributed by atoms with Gasteiger partial charge < -0.3 is 42.9 Å². The molecule has 2 amide bonds. The Balaban J connectivity index is 0.00000740. The first-order valence-electron chi connectivity index (χ1n) is 22.0. The molecule has 434 valence electrons. The SMILES string of the molecule is CCn1c(O)c(C(N)=O)c(C)c(N=Nc2cc(Nc3nc(F)nc(NCCCNc4nc(F)nc(Nc5cc(N=Nc6c(C)c(C(N)=O)c(O)n(CC)c6=O)c(S(=O)(=O)O)cc5S(=O)(=O)O)n4)n3)c(S(=O)(=O)O)cc2S(=O)(=O)O)c1=O.[Li].[Na]. The van der Waals surface area contributed by atoms with E-state index < -0.39 is 176 Å². The van der Waals surface area contributed by atoms with Crippen molar-refractivity contribution in [3.8, 4) is 11.8 Å². The summed E-state index contributed by atoms with van der Waals surface area (Å²) in [5.41, 5.74) is 1.86. The van der Waals surface area contributed by atoms with Crippen LogP contribution in [0.5, 0.6) is 11.8 Å². The molecule has 4 aromatic heterocycles. The van der Waals surface area contributed by atoms with Crippen LogP contribution in [0.25, 0.3) is 0 Å². The molecule has 0 spiro atoms. The van der Waals surface area contributed by atoms with E-state index in [1.807, 2.05) is 0 Å². The summed E-state index contributed by atoms with van der Waals surface area (Å²) in [7, 11) is -21.8. The molecule has 0 fully saturated rings. The molecule has 2 radical (unpaired) electrons. The maximum atomic E-state index is 14.8. The fourth-order valence-corrected chi connectivity index (χ4v) is 9.94. The number of hydrogen-bond donors (Lipinski definition) is 12. The number of halogens is 2. The minimum absolute atomic E-state index is 0. The van der Waals surface area contributed by atoms with E-state index in [2.05, 4.69) is 71.6 Å². The van der Waals surface area contributed by atoms with Crippen LogP contribution in [-0.2, 0) is 53.6 Å². The number of carbonyl (C=O) groups is 2. The standard InChI is InChI=1S/C39H40F2N18O18S4.Li.Na/c1-5-58-30(62)24(28(42)60)14(3)26(32(58)64)56-54-18-10-16(20(78(66,67)68)12-22(18)80(72,73)74)46-38-50-34(40)48-36(52-38)44-8-7-9-45-37-49-35(41)51-39(53-37)47-17-11-19(23(81(75,76)77)13-21(17)79(69,70)71)55-57-27-15(4)25(29(43)61)31(63)59(6-2)33(27)65;;/h10-13,62-63H,5-9H2,1-4H3,(H2,42,60)(H2,43,61)(H,66,67,68)(H,69,70,71)(H,72,73,74)(H,75,76,77)(H2,44,46,48,50,52)(H2,45,47,49,51,53);;. The van der Waals surface area contributed by atoms with Crippen LogP contribution in [0, 0.1) is 26.0 Å². The van der Waals surface area contributed by atoms with Crippen molar-refractivity contribution in [2.24, 2.45) is 31.9 Å². The van der Waals surface area contributed by atoms with Gasteiger partial charge >= 0.3 is 12.2 Å². The number of primary amides is 2. The fraction of sp³-hybridized carbons (Fsp3) is 0.231. The first kappa shape index (κ1) is 67.9. The molecule has 14 N–H and O–H groups in total. The molecule has 0 aliphatic rings. The van der Waals surface area contributed by atoms with Crippen molar-refractivity contribution in [1.29, 1.82) is 0 Å². The molecule has 0 unspecified atom stereocenters. The van der Waals surface area contributed by atoms with Crippen molar-refractivity contribution in [3.63, 3.8) is 0 Å². The van der Waals surface area contributed by atoms with Crippen LogP contribution < -0.4 is 43.9 Å². The zero-order valence-corrected chi connectivity index (χ0v) is 48.6. The van der Waals surface area contributed by atoms with Crippen LogP contribution in [0.1, 0.15) is 52.1 Å². The average Bonchev–Trinajstić information content (AvgIpc) is 3.54. The summed E-state index contributed by atoms with van der Waals surface area (Å²) in [6.07, 6.45) is -3.08. The number of hydrogen-bond acceptors (Lipinski definition) is 28. The van der Waals surface area contributed by atoms with E-state index in [1.165, 1.54) is 13.8 Å². The molecule has 0 aliphatic heterocycles. The van der Waals surface area contributed by atoms with E-state index in [1.54, 1.807) is 0 Å². The third-order valence-corrected chi connectivity index (χ3v) is 14.4. The zero-order valence-electron chi connectivity index (χ0n) is 43.3. The van der Waals surface area contributed by atoms with E-state index >= 15 is 0 Å². The van der Waals surface area contributed by atoms with Crippen LogP contribution in [0.3, 0.4) is 0 Å². The molecule has 83 heavy (non-hydrogen) atoms. The van der Waals surface area contributed by atoms with Crippen LogP contribution in [0.4, 0.5) is 66.7 Å². The number of rotatable bonds is 22. The topological polar surface area (TPSA) is 563 Å². The molecular weight excluding hydrogens is 1200 g/mol. The van der Waals surface area contributed by atoms with Gasteiger partial charge in [0.1, 0.15) is 42.1 Å². The number of benzene rings is 2. The van der Waals surface area contributed by atoms with E-state index in [9.17, 15) is 90.1 Å². The third kappa shape index (κ3) is 15.5. The van der Waals surface area contributed by atoms with Crippen LogP contribution >= 0.6 is 0 Å². The number of nitrogens with one attached hydrogen (secondary N) is 4. The van der Waals surface area contributed by atoms with Gasteiger partial charge in [0.25, 0.3) is 63.4 Å². The number of carbonyl (C=O) groups excluding carboxylic acids is 2. The molecule has 44 heteroatoms. The molecule has 0 saturated heterocycles. The molecule has 0 aliphatic carbocycles. The van der Waals surface area contributed by atoms with Gasteiger partial charge in [0, 0.05) is 85.7 Å². The number of pyridine rings is 2. The summed E-state index contributed by atoms with van der Waals surface area (Å²) in [6, 6.07) is 1.49. The third-order valence-electron chi connectivity index (χ3n) is 10.8. The second-order valence-corrected chi connectivity index (χ2v) is 21.6. The molecule has 4 heterocycles. The molecule has 6 rings (SSSR count). The van der Waals surface area contributed by atoms with Crippen molar-refractivity contribution < 1.29 is 80.5 Å². The Bertz CT molecular complexity index is 4030. The summed E-state index contributed by atoms with van der Waals surface area (Å²) >= 11 is 0. The summed E-state index contributed by atoms with van der Waals surface area (Å²) in [5, 5.41) is 45.2. The first-order valence-corrected chi connectivity index (χ1v) is 27.8. The summed E-state index contributed by atoms with van der Waals surface area (Å²) in [6.45, 7) is 4.18. The molecule has 0 saturated carbocycles. The monoisotopic (exact) mass is 1240 g/mol. The Morgan fingerprint density at radius 1 is 0.554 bits per heavy atom. The van der Waals surface area contributed by atoms with E-state index in [0.717, 1.165) is 13.8 Å². The average molecular weight is 1250 g/mol. The quantitative estimate of drug-likeness (QED) is 0.0198. The molecule has 36 nitrogen and oxygen atoms in total. The molecule has 2 aromatic carbocycles. The van der Waals surface area contributed by atoms with E-state index in [0.29, 0.717) is 21.3 Å². The number of nitrogens with zero attached hydrogens (tertiary/aromatic N) is 12. The Kier molecular flexibility index (Phi) is 21.5. The number of anilines is 6. The van der Waals surface area contributed by atoms with Crippen molar-refractivity contribution >= 4 is 159 Å². The van der Waals surface area contributed by atoms with Crippen molar-refractivity contribution in [3.05, 3.63) is 79.4 Å². The fourth-order valence-electron chi connectivity index (χ4n) is 7.22. The number of aromatic nitrogens is 8. The minimum Gasteiger partial charge on any atom is -0.494 e. The Morgan fingerprint density at radius 2 is 0.867 bits per heavy atom. The van der Waals surface area contributed by atoms with Gasteiger partial charge in [-0.2, -0.15) is 72.4 Å². The number of azo groups is 2. The van der Waals surface area contributed by atoms with Gasteiger partial charge in [0.15, 0.2) is 11.4 Å². The maximum Gasteiger partial charge on any atom is 0.315 e. The zero-order chi connectivity index (χ0) is 60.4. The molecule has 6 aromatic rings. The summed E-state index contributed by atoms with van der Waals surface area (Å²) < 4.78 is 171.